The van der Waals surface area contributed by atoms with E-state index in [4.69, 9.17) is 9.16 Å². The summed E-state index contributed by atoms with van der Waals surface area (Å²) in [6.45, 7) is 16.6. The van der Waals surface area contributed by atoms with Gasteiger partial charge < -0.3 is 14.5 Å². The van der Waals surface area contributed by atoms with Crippen molar-refractivity contribution < 1.29 is 14.0 Å². The van der Waals surface area contributed by atoms with Gasteiger partial charge in [0.15, 0.2) is 8.32 Å². The SMILES string of the molecule is CCCCCCCCCCCCCC=CC1OC(=O)NC1CO[Si](C(C)C)(C(C)C)C(C)C. The van der Waals surface area contributed by atoms with Crippen LogP contribution in [0.3, 0.4) is 0 Å². The second kappa shape index (κ2) is 16.8. The Hall–Kier alpha value is -0.813. The summed E-state index contributed by atoms with van der Waals surface area (Å²) in [4.78, 5) is 11.9. The Morgan fingerprint density at radius 1 is 0.848 bits per heavy atom. The van der Waals surface area contributed by atoms with Crippen LogP contribution in [0.4, 0.5) is 4.79 Å². The van der Waals surface area contributed by atoms with Crippen LogP contribution in [0.15, 0.2) is 12.2 Å². The molecule has 4 nitrogen and oxygen atoms in total. The van der Waals surface area contributed by atoms with Crippen molar-refractivity contribution in [2.24, 2.45) is 0 Å². The Labute approximate surface area is 206 Å². The Morgan fingerprint density at radius 3 is 1.82 bits per heavy atom. The van der Waals surface area contributed by atoms with E-state index < -0.39 is 8.32 Å². The summed E-state index contributed by atoms with van der Waals surface area (Å²) in [6.07, 6.45) is 19.8. The van der Waals surface area contributed by atoms with Gasteiger partial charge in [-0.25, -0.2) is 4.79 Å². The Kier molecular flexibility index (Phi) is 15.3. The van der Waals surface area contributed by atoms with Crippen LogP contribution in [0, 0.1) is 0 Å². The van der Waals surface area contributed by atoms with Crippen LogP contribution in [0.25, 0.3) is 0 Å². The maximum absolute atomic E-state index is 11.9. The zero-order valence-corrected chi connectivity index (χ0v) is 24.0. The van der Waals surface area contributed by atoms with Crippen molar-refractivity contribution in [2.75, 3.05) is 6.61 Å². The number of carbonyl (C=O) groups is 1. The van der Waals surface area contributed by atoms with Crippen LogP contribution in [0.2, 0.25) is 16.6 Å². The Balaban J connectivity index is 2.32. The summed E-state index contributed by atoms with van der Waals surface area (Å²) in [6, 6.07) is -0.0887. The number of hydrogen-bond acceptors (Lipinski definition) is 3. The Morgan fingerprint density at radius 2 is 1.33 bits per heavy atom. The van der Waals surface area contributed by atoms with Crippen molar-refractivity contribution in [3.63, 3.8) is 0 Å². The molecule has 0 saturated carbocycles. The summed E-state index contributed by atoms with van der Waals surface area (Å²) < 4.78 is 12.2. The number of carbonyl (C=O) groups excluding carboxylic acids is 1. The van der Waals surface area contributed by atoms with Crippen LogP contribution in [-0.4, -0.2) is 33.2 Å². The number of alkyl carbamates (subject to hydrolysis) is 1. The lowest BCUT2D eigenvalue weighted by Gasteiger charge is -2.42. The van der Waals surface area contributed by atoms with Gasteiger partial charge in [0.05, 0.1) is 12.6 Å². The van der Waals surface area contributed by atoms with E-state index in [0.29, 0.717) is 23.2 Å². The third-order valence-electron chi connectivity index (χ3n) is 7.46. The number of cyclic esters (lactones) is 1. The van der Waals surface area contributed by atoms with Gasteiger partial charge in [0.2, 0.25) is 0 Å². The highest BCUT2D eigenvalue weighted by Gasteiger charge is 2.46. The summed E-state index contributed by atoms with van der Waals surface area (Å²) in [5.74, 6) is 0. The van der Waals surface area contributed by atoms with Crippen LogP contribution in [0.5, 0.6) is 0 Å². The van der Waals surface area contributed by atoms with Gasteiger partial charge in [-0.3, -0.25) is 0 Å². The lowest BCUT2D eigenvalue weighted by molar-refractivity contribution is 0.143. The molecule has 33 heavy (non-hydrogen) atoms. The van der Waals surface area contributed by atoms with E-state index in [0.717, 1.165) is 6.42 Å². The van der Waals surface area contributed by atoms with Gasteiger partial charge in [-0.15, -0.1) is 0 Å². The van der Waals surface area contributed by atoms with Gasteiger partial charge in [-0.1, -0.05) is 119 Å². The molecule has 0 aromatic heterocycles. The third kappa shape index (κ3) is 10.5. The molecule has 0 aliphatic carbocycles. The summed E-state index contributed by atoms with van der Waals surface area (Å²) in [7, 11) is -1.95. The number of nitrogens with one attached hydrogen (secondary N) is 1. The predicted octanol–water partition coefficient (Wildman–Crippen LogP) is 8.91. The lowest BCUT2D eigenvalue weighted by Crippen LogP contribution is -2.51. The molecule has 0 aromatic rings. The first-order valence-electron chi connectivity index (χ1n) is 14.0. The number of unbranched alkanes of at least 4 members (excludes halogenated alkanes) is 11. The first-order valence-corrected chi connectivity index (χ1v) is 16.2. The number of allylic oxidation sites excluding steroid dienone is 1. The zero-order chi connectivity index (χ0) is 24.7. The predicted molar refractivity (Wildman–Crippen MR) is 144 cm³/mol. The minimum atomic E-state index is -1.95. The molecule has 0 aromatic carbocycles. The largest absolute Gasteiger partial charge is 0.440 e. The van der Waals surface area contributed by atoms with Gasteiger partial charge in [0.1, 0.15) is 6.10 Å². The number of amides is 1. The fraction of sp³-hybridized carbons (Fsp3) is 0.893. The Bertz CT molecular complexity index is 525. The summed E-state index contributed by atoms with van der Waals surface area (Å²) in [5.41, 5.74) is 1.60. The standard InChI is InChI=1S/C28H55NO3Si/c1-8-9-10-11-12-13-14-15-16-17-18-19-20-21-27-26(29-28(30)32-27)22-31-33(23(2)3,24(4)5)25(6)7/h20-21,23-27H,8-19,22H2,1-7H3,(H,29,30). The minimum absolute atomic E-state index is 0.0887. The van der Waals surface area contributed by atoms with Crippen molar-refractivity contribution >= 4 is 14.4 Å². The topological polar surface area (TPSA) is 47.6 Å². The molecular weight excluding hydrogens is 426 g/mol. The molecule has 1 amide bonds. The van der Waals surface area contributed by atoms with Crippen LogP contribution in [-0.2, 0) is 9.16 Å². The third-order valence-corrected chi connectivity index (χ3v) is 13.5. The van der Waals surface area contributed by atoms with E-state index in [9.17, 15) is 4.79 Å². The van der Waals surface area contributed by atoms with Gasteiger partial charge >= 0.3 is 6.09 Å². The van der Waals surface area contributed by atoms with Crippen molar-refractivity contribution in [1.82, 2.24) is 5.32 Å². The van der Waals surface area contributed by atoms with Crippen molar-refractivity contribution in [2.45, 2.75) is 154 Å². The summed E-state index contributed by atoms with van der Waals surface area (Å²) in [5, 5.41) is 2.97. The van der Waals surface area contributed by atoms with E-state index in [1.54, 1.807) is 0 Å². The molecule has 194 valence electrons. The average Bonchev–Trinajstić information content (AvgIpc) is 3.10. The van der Waals surface area contributed by atoms with E-state index >= 15 is 0 Å². The average molecular weight is 482 g/mol. The molecule has 1 saturated heterocycles. The molecule has 1 aliphatic rings. The highest BCUT2D eigenvalue weighted by Crippen LogP contribution is 2.42. The second-order valence-corrected chi connectivity index (χ2v) is 16.5. The van der Waals surface area contributed by atoms with Gasteiger partial charge in [0, 0.05) is 0 Å². The first-order chi connectivity index (χ1) is 15.8. The second-order valence-electron chi connectivity index (χ2n) is 11.0. The zero-order valence-electron chi connectivity index (χ0n) is 23.0. The minimum Gasteiger partial charge on any atom is -0.440 e. The molecule has 1 rings (SSSR count). The molecule has 1 heterocycles. The van der Waals surface area contributed by atoms with E-state index in [2.05, 4.69) is 65.9 Å². The summed E-state index contributed by atoms with van der Waals surface area (Å²) >= 11 is 0. The van der Waals surface area contributed by atoms with Crippen LogP contribution >= 0.6 is 0 Å². The fourth-order valence-electron chi connectivity index (χ4n) is 5.67. The highest BCUT2D eigenvalue weighted by molar-refractivity contribution is 6.77. The molecule has 0 spiro atoms. The van der Waals surface area contributed by atoms with Gasteiger partial charge in [-0.2, -0.15) is 0 Å². The van der Waals surface area contributed by atoms with Crippen LogP contribution < -0.4 is 5.32 Å². The van der Waals surface area contributed by atoms with Gasteiger partial charge in [0.25, 0.3) is 0 Å². The molecule has 2 unspecified atom stereocenters. The molecule has 5 heteroatoms. The molecular formula is C28H55NO3Si. The fourth-order valence-corrected chi connectivity index (χ4v) is 11.1. The van der Waals surface area contributed by atoms with E-state index in [1.165, 1.54) is 70.6 Å². The van der Waals surface area contributed by atoms with Crippen LogP contribution in [0.1, 0.15) is 126 Å². The maximum Gasteiger partial charge on any atom is 0.408 e. The molecule has 0 bridgehead atoms. The lowest BCUT2D eigenvalue weighted by atomic mass is 10.0. The first kappa shape index (κ1) is 30.2. The number of hydrogen-bond donors (Lipinski definition) is 1. The van der Waals surface area contributed by atoms with Crippen molar-refractivity contribution in [3.05, 3.63) is 12.2 Å². The monoisotopic (exact) mass is 481 g/mol. The van der Waals surface area contributed by atoms with E-state index in [-0.39, 0.29) is 18.2 Å². The highest BCUT2D eigenvalue weighted by atomic mass is 28.4. The molecule has 1 aliphatic heterocycles. The smallest absolute Gasteiger partial charge is 0.408 e. The van der Waals surface area contributed by atoms with Crippen molar-refractivity contribution in [1.29, 1.82) is 0 Å². The van der Waals surface area contributed by atoms with Gasteiger partial charge in [-0.05, 0) is 35.5 Å². The van der Waals surface area contributed by atoms with E-state index in [1.807, 2.05) is 0 Å². The number of ether oxygens (including phenoxy) is 1. The molecule has 2 atom stereocenters. The molecule has 1 N–H and O–H groups in total. The number of rotatable bonds is 19. The quantitative estimate of drug-likeness (QED) is 0.114. The van der Waals surface area contributed by atoms with Crippen molar-refractivity contribution in [3.8, 4) is 0 Å². The maximum atomic E-state index is 11.9. The normalized spacial score (nSPS) is 19.3. The molecule has 1 fully saturated rings. The molecule has 0 radical (unpaired) electrons.